The van der Waals surface area contributed by atoms with Gasteiger partial charge >= 0.3 is 0 Å². The lowest BCUT2D eigenvalue weighted by molar-refractivity contribution is -0.128. The Morgan fingerprint density at radius 2 is 1.88 bits per heavy atom. The molecule has 0 spiro atoms. The highest BCUT2D eigenvalue weighted by molar-refractivity contribution is 7.90. The first-order valence-electron chi connectivity index (χ1n) is 15.2. The summed E-state index contributed by atoms with van der Waals surface area (Å²) in [6.45, 7) is 11.9. The summed E-state index contributed by atoms with van der Waals surface area (Å²) >= 11 is 0. The highest BCUT2D eigenvalue weighted by atomic mass is 32.2. The topological polar surface area (TPSA) is 124 Å². The zero-order chi connectivity index (χ0) is 30.7. The number of sulfone groups is 1. The van der Waals surface area contributed by atoms with Crippen LogP contribution >= 0.6 is 0 Å². The molecule has 2 aliphatic heterocycles. The van der Waals surface area contributed by atoms with Crippen molar-refractivity contribution in [2.24, 2.45) is 20.9 Å². The average Bonchev–Trinajstić information content (AvgIpc) is 3.33. The fraction of sp³-hybridized carbons (Fsp3) is 0.645. The summed E-state index contributed by atoms with van der Waals surface area (Å²) in [5.74, 6) is 1.73. The second-order valence-corrected chi connectivity index (χ2v) is 13.8. The van der Waals surface area contributed by atoms with Crippen LogP contribution in [0.3, 0.4) is 0 Å². The largest absolute Gasteiger partial charge is 0.309 e. The number of guanidine groups is 1. The van der Waals surface area contributed by atoms with E-state index in [1.807, 2.05) is 20.1 Å². The number of amidine groups is 1. The van der Waals surface area contributed by atoms with E-state index in [0.717, 1.165) is 70.0 Å². The number of rotatable bonds is 11. The maximum atomic E-state index is 13.5. The van der Waals surface area contributed by atoms with Crippen LogP contribution in [-0.4, -0.2) is 92.1 Å². The second-order valence-electron chi connectivity index (χ2n) is 11.6. The van der Waals surface area contributed by atoms with E-state index in [9.17, 15) is 18.0 Å². The van der Waals surface area contributed by atoms with E-state index in [0.29, 0.717) is 43.0 Å². The van der Waals surface area contributed by atoms with Gasteiger partial charge in [0.15, 0.2) is 5.78 Å². The van der Waals surface area contributed by atoms with Crippen molar-refractivity contribution in [3.05, 3.63) is 35.7 Å². The van der Waals surface area contributed by atoms with E-state index in [1.165, 1.54) is 13.2 Å². The maximum Gasteiger partial charge on any atom is 0.263 e. The number of hydrogen-bond acceptors (Lipinski definition) is 7. The Kier molecular flexibility index (Phi) is 12.8. The smallest absolute Gasteiger partial charge is 0.263 e. The Morgan fingerprint density at radius 1 is 1.14 bits per heavy atom. The van der Waals surface area contributed by atoms with E-state index in [4.69, 9.17) is 4.99 Å². The summed E-state index contributed by atoms with van der Waals surface area (Å²) in [5, 5.41) is 3.23. The first kappa shape index (κ1) is 33.6. The molecule has 0 radical (unpaired) electrons. The van der Waals surface area contributed by atoms with Crippen LogP contribution in [0.4, 0.5) is 0 Å². The van der Waals surface area contributed by atoms with E-state index >= 15 is 0 Å². The third-order valence-corrected chi connectivity index (χ3v) is 8.97. The molecule has 1 saturated heterocycles. The van der Waals surface area contributed by atoms with E-state index < -0.39 is 9.84 Å². The van der Waals surface area contributed by atoms with Crippen molar-refractivity contribution in [3.8, 4) is 0 Å². The van der Waals surface area contributed by atoms with Crippen LogP contribution < -0.4 is 5.32 Å². The molecule has 2 fully saturated rings. The number of carbonyl (C=O) groups excluding carboxylic acids is 2. The van der Waals surface area contributed by atoms with Crippen molar-refractivity contribution in [1.82, 2.24) is 15.1 Å². The van der Waals surface area contributed by atoms with Gasteiger partial charge in [0.05, 0.1) is 11.3 Å². The minimum atomic E-state index is -2.96. The van der Waals surface area contributed by atoms with Crippen LogP contribution in [0, 0.1) is 5.92 Å². The lowest BCUT2D eigenvalue weighted by Gasteiger charge is -2.34. The SMILES string of the molecule is C=C/C=C(\N=C/CC1CCCN(CCS(C)(=O)=O)CC1)NC(=NCC)/N=C1\CC(C)=C(C(C)=O)C(=O)N1C1CCCC1. The van der Waals surface area contributed by atoms with E-state index in [2.05, 4.69) is 26.8 Å². The van der Waals surface area contributed by atoms with Gasteiger partial charge < -0.3 is 10.2 Å². The minimum Gasteiger partial charge on any atom is -0.309 e. The highest BCUT2D eigenvalue weighted by Crippen LogP contribution is 2.31. The summed E-state index contributed by atoms with van der Waals surface area (Å²) in [4.78, 5) is 43.8. The lowest BCUT2D eigenvalue weighted by Crippen LogP contribution is -2.48. The van der Waals surface area contributed by atoms with Gasteiger partial charge in [-0.05, 0) is 90.0 Å². The number of nitrogens with zero attached hydrogens (tertiary/aromatic N) is 5. The van der Waals surface area contributed by atoms with Gasteiger partial charge in [-0.3, -0.25) is 19.5 Å². The fourth-order valence-electron chi connectivity index (χ4n) is 5.91. The molecular weight excluding hydrogens is 552 g/mol. The van der Waals surface area contributed by atoms with Crippen LogP contribution in [0.1, 0.15) is 78.6 Å². The fourth-order valence-corrected chi connectivity index (χ4v) is 6.50. The molecule has 1 N–H and O–H groups in total. The summed E-state index contributed by atoms with van der Waals surface area (Å²) in [7, 11) is -2.96. The Bertz CT molecular complexity index is 1260. The number of amides is 1. The zero-order valence-electron chi connectivity index (χ0n) is 25.8. The number of carbonyl (C=O) groups is 2. The van der Waals surface area contributed by atoms with Crippen LogP contribution in [-0.2, 0) is 19.4 Å². The lowest BCUT2D eigenvalue weighted by atomic mass is 9.95. The molecule has 0 aromatic carbocycles. The number of aliphatic imine (C=N–C) groups is 3. The Hall–Kier alpha value is -2.92. The van der Waals surface area contributed by atoms with Crippen LogP contribution in [0.5, 0.6) is 0 Å². The molecule has 0 aromatic heterocycles. The van der Waals surface area contributed by atoms with Crippen LogP contribution in [0.25, 0.3) is 0 Å². The van der Waals surface area contributed by atoms with Crippen molar-refractivity contribution in [1.29, 1.82) is 0 Å². The first-order valence-corrected chi connectivity index (χ1v) is 17.3. The number of hydrogen-bond donors (Lipinski definition) is 1. The van der Waals surface area contributed by atoms with Gasteiger partial charge in [0.1, 0.15) is 21.5 Å². The number of Topliss-reactive ketones (excluding diaryl/α,β-unsaturated/α-hetero) is 1. The summed E-state index contributed by atoms with van der Waals surface area (Å²) in [6.07, 6.45) is 14.8. The molecule has 1 saturated carbocycles. The normalized spacial score (nSPS) is 23.2. The standard InChI is InChI=1S/C31H48N6O4S/c1-6-11-27(33-17-15-25-12-10-18-36(19-16-25)20-21-42(5,40)41)34-31(32-7-2)35-28-22-23(3)29(24(4)38)30(39)37(28)26-13-8-9-14-26/h6,11,17,25-26H,1,7-10,12-16,18-22H2,2-5H3,(H,32,34)/b27-11+,33-17-,35-28+. The number of likely N-dealkylation sites (tertiary alicyclic amines) is 1. The molecule has 42 heavy (non-hydrogen) atoms. The molecule has 1 atom stereocenters. The van der Waals surface area contributed by atoms with Gasteiger partial charge in [-0.15, -0.1) is 0 Å². The number of nitrogens with one attached hydrogen (secondary N) is 1. The number of ketones is 1. The molecule has 1 amide bonds. The molecule has 11 heteroatoms. The minimum absolute atomic E-state index is 0.0321. The van der Waals surface area contributed by atoms with Gasteiger partial charge in [-0.2, -0.15) is 4.99 Å². The zero-order valence-corrected chi connectivity index (χ0v) is 26.6. The molecule has 10 nitrogen and oxygen atoms in total. The van der Waals surface area contributed by atoms with Gasteiger partial charge in [0, 0.05) is 38.0 Å². The van der Waals surface area contributed by atoms with E-state index in [1.54, 1.807) is 17.1 Å². The van der Waals surface area contributed by atoms with Gasteiger partial charge in [-0.1, -0.05) is 25.5 Å². The molecule has 3 rings (SSSR count). The molecular formula is C31H48N6O4S. The molecule has 3 aliphatic rings. The molecule has 2 heterocycles. The van der Waals surface area contributed by atoms with Crippen molar-refractivity contribution in [2.45, 2.75) is 84.6 Å². The van der Waals surface area contributed by atoms with Crippen molar-refractivity contribution in [2.75, 3.05) is 38.2 Å². The highest BCUT2D eigenvalue weighted by Gasteiger charge is 2.38. The predicted octanol–water partition coefficient (Wildman–Crippen LogP) is 4.07. The summed E-state index contributed by atoms with van der Waals surface area (Å²) in [5.41, 5.74) is 1.01. The van der Waals surface area contributed by atoms with Crippen LogP contribution in [0.15, 0.2) is 50.7 Å². The monoisotopic (exact) mass is 600 g/mol. The molecule has 0 bridgehead atoms. The maximum absolute atomic E-state index is 13.5. The second kappa shape index (κ2) is 16.1. The van der Waals surface area contributed by atoms with Crippen molar-refractivity contribution >= 4 is 39.5 Å². The number of allylic oxidation sites excluding steroid dienone is 2. The summed E-state index contributed by atoms with van der Waals surface area (Å²) < 4.78 is 23.1. The Balaban J connectivity index is 1.72. The van der Waals surface area contributed by atoms with Crippen molar-refractivity contribution < 1.29 is 18.0 Å². The Labute approximate surface area is 251 Å². The van der Waals surface area contributed by atoms with Crippen molar-refractivity contribution in [3.63, 3.8) is 0 Å². The first-order chi connectivity index (χ1) is 20.0. The quantitative estimate of drug-likeness (QED) is 0.165. The molecule has 1 aliphatic carbocycles. The van der Waals surface area contributed by atoms with Gasteiger partial charge in [-0.25, -0.2) is 13.4 Å². The van der Waals surface area contributed by atoms with Gasteiger partial charge in [0.25, 0.3) is 5.91 Å². The third kappa shape index (κ3) is 10.1. The Morgan fingerprint density at radius 3 is 2.52 bits per heavy atom. The predicted molar refractivity (Wildman–Crippen MR) is 171 cm³/mol. The molecule has 0 aromatic rings. The van der Waals surface area contributed by atoms with Crippen LogP contribution in [0.2, 0.25) is 0 Å². The van der Waals surface area contributed by atoms with E-state index in [-0.39, 0.29) is 29.1 Å². The average molecular weight is 601 g/mol. The molecule has 1 unspecified atom stereocenters. The summed E-state index contributed by atoms with van der Waals surface area (Å²) in [6, 6.07) is 0.0321. The van der Waals surface area contributed by atoms with Gasteiger partial charge in [0.2, 0.25) is 5.96 Å². The molecule has 232 valence electrons. The third-order valence-electron chi connectivity index (χ3n) is 8.05.